The topological polar surface area (TPSA) is 40.5 Å². The molecule has 3 heteroatoms. The van der Waals surface area contributed by atoms with Gasteiger partial charge in [0.1, 0.15) is 0 Å². The lowest BCUT2D eigenvalue weighted by Gasteiger charge is -2.45. The lowest BCUT2D eigenvalue weighted by molar-refractivity contribution is 0.00569. The number of rotatable bonds is 1. The van der Waals surface area contributed by atoms with Crippen LogP contribution in [0.1, 0.15) is 42.5 Å². The molecule has 1 aromatic rings. The van der Waals surface area contributed by atoms with E-state index < -0.39 is 0 Å². The van der Waals surface area contributed by atoms with E-state index in [0.29, 0.717) is 5.92 Å². The second-order valence-corrected chi connectivity index (χ2v) is 5.80. The maximum Gasteiger partial charge on any atom is 0.254 e. The molecule has 1 aliphatic carbocycles. The molecule has 3 rings (SSSR count). The predicted molar refractivity (Wildman–Crippen MR) is 73.8 cm³/mol. The number of aliphatic hydroxyl groups excluding tert-OH is 1. The van der Waals surface area contributed by atoms with Crippen molar-refractivity contribution in [3.05, 3.63) is 35.9 Å². The summed E-state index contributed by atoms with van der Waals surface area (Å²) in [4.78, 5) is 14.6. The Bertz CT molecular complexity index is 445. The summed E-state index contributed by atoms with van der Waals surface area (Å²) in [5.74, 6) is 0.717. The van der Waals surface area contributed by atoms with E-state index in [2.05, 4.69) is 0 Å². The Morgan fingerprint density at radius 2 is 1.95 bits per heavy atom. The lowest BCUT2D eigenvalue weighted by atomic mass is 9.77. The van der Waals surface area contributed by atoms with Crippen molar-refractivity contribution in [2.45, 2.75) is 44.2 Å². The van der Waals surface area contributed by atoms with Gasteiger partial charge in [0.05, 0.1) is 6.10 Å². The average Bonchev–Trinajstić information content (AvgIpc) is 2.47. The first kappa shape index (κ1) is 12.7. The number of likely N-dealkylation sites (tertiary alicyclic amines) is 1. The number of carbonyl (C=O) groups excluding carboxylic acids is 1. The quantitative estimate of drug-likeness (QED) is 0.841. The van der Waals surface area contributed by atoms with Crippen LogP contribution in [0.3, 0.4) is 0 Å². The minimum absolute atomic E-state index is 0.129. The second kappa shape index (κ2) is 5.33. The number of fused-ring (bicyclic) bond motifs is 1. The highest BCUT2D eigenvalue weighted by atomic mass is 16.3. The van der Waals surface area contributed by atoms with Crippen LogP contribution in [0, 0.1) is 5.92 Å². The maximum atomic E-state index is 12.6. The summed E-state index contributed by atoms with van der Waals surface area (Å²) in [5, 5.41) is 9.88. The summed E-state index contributed by atoms with van der Waals surface area (Å²) >= 11 is 0. The first-order chi connectivity index (χ1) is 9.25. The Morgan fingerprint density at radius 1 is 1.16 bits per heavy atom. The molecule has 1 aliphatic heterocycles. The van der Waals surface area contributed by atoms with Gasteiger partial charge in [0.25, 0.3) is 5.91 Å². The van der Waals surface area contributed by atoms with E-state index in [1.54, 1.807) is 0 Å². The van der Waals surface area contributed by atoms with Crippen LogP contribution < -0.4 is 0 Å². The van der Waals surface area contributed by atoms with Gasteiger partial charge in [-0.05, 0) is 50.2 Å². The van der Waals surface area contributed by atoms with Gasteiger partial charge in [-0.2, -0.15) is 0 Å². The van der Waals surface area contributed by atoms with Crippen molar-refractivity contribution in [3.63, 3.8) is 0 Å². The highest BCUT2D eigenvalue weighted by Crippen LogP contribution is 2.36. The smallest absolute Gasteiger partial charge is 0.254 e. The van der Waals surface area contributed by atoms with Crippen molar-refractivity contribution in [3.8, 4) is 0 Å². The number of benzene rings is 1. The third-order valence-electron chi connectivity index (χ3n) is 4.58. The number of aliphatic hydroxyl groups is 1. The molecular formula is C16H21NO2. The van der Waals surface area contributed by atoms with Gasteiger partial charge in [0, 0.05) is 18.2 Å². The standard InChI is InChI=1S/C16H21NO2/c18-14-9-8-12-7-4-10-17(15(12)11-14)16(19)13-5-2-1-3-6-13/h1-3,5-6,12,14-15,18H,4,7-11H2/t12-,14+,15-/m1/s1. The van der Waals surface area contributed by atoms with Gasteiger partial charge in [0.15, 0.2) is 0 Å². The van der Waals surface area contributed by atoms with Crippen LogP contribution in [0.25, 0.3) is 0 Å². The Kier molecular flexibility index (Phi) is 3.56. The molecule has 1 aromatic carbocycles. The van der Waals surface area contributed by atoms with Gasteiger partial charge in [0.2, 0.25) is 0 Å². The van der Waals surface area contributed by atoms with Crippen molar-refractivity contribution < 1.29 is 9.90 Å². The molecule has 102 valence electrons. The van der Waals surface area contributed by atoms with Crippen molar-refractivity contribution in [1.82, 2.24) is 4.90 Å². The molecule has 0 unspecified atom stereocenters. The van der Waals surface area contributed by atoms with Crippen LogP contribution in [-0.2, 0) is 0 Å². The zero-order chi connectivity index (χ0) is 13.2. The van der Waals surface area contributed by atoms with Gasteiger partial charge in [-0.3, -0.25) is 4.79 Å². The van der Waals surface area contributed by atoms with E-state index in [1.807, 2.05) is 35.2 Å². The summed E-state index contributed by atoms with van der Waals surface area (Å²) in [6, 6.07) is 9.75. The zero-order valence-electron chi connectivity index (χ0n) is 11.2. The normalized spacial score (nSPS) is 30.8. The fourth-order valence-electron chi connectivity index (χ4n) is 3.59. The molecule has 3 atom stereocenters. The van der Waals surface area contributed by atoms with Crippen LogP contribution >= 0.6 is 0 Å². The number of hydrogen-bond donors (Lipinski definition) is 1. The highest BCUT2D eigenvalue weighted by Gasteiger charge is 2.38. The van der Waals surface area contributed by atoms with E-state index >= 15 is 0 Å². The van der Waals surface area contributed by atoms with E-state index in [1.165, 1.54) is 6.42 Å². The lowest BCUT2D eigenvalue weighted by Crippen LogP contribution is -2.51. The molecule has 3 nitrogen and oxygen atoms in total. The number of nitrogens with zero attached hydrogens (tertiary/aromatic N) is 1. The third-order valence-corrected chi connectivity index (χ3v) is 4.58. The van der Waals surface area contributed by atoms with Crippen LogP contribution in [-0.4, -0.2) is 34.6 Å². The predicted octanol–water partition coefficient (Wildman–Crippen LogP) is 2.45. The zero-order valence-corrected chi connectivity index (χ0v) is 11.2. The van der Waals surface area contributed by atoms with E-state index in [-0.39, 0.29) is 18.1 Å². The molecule has 1 saturated carbocycles. The molecule has 0 bridgehead atoms. The van der Waals surface area contributed by atoms with Gasteiger partial charge < -0.3 is 10.0 Å². The van der Waals surface area contributed by atoms with Crippen molar-refractivity contribution in [2.24, 2.45) is 5.92 Å². The Balaban J connectivity index is 1.80. The van der Waals surface area contributed by atoms with Crippen molar-refractivity contribution in [1.29, 1.82) is 0 Å². The largest absolute Gasteiger partial charge is 0.393 e. The van der Waals surface area contributed by atoms with Gasteiger partial charge in [-0.1, -0.05) is 18.2 Å². The van der Waals surface area contributed by atoms with E-state index in [0.717, 1.165) is 37.8 Å². The monoisotopic (exact) mass is 259 g/mol. The molecule has 1 heterocycles. The fraction of sp³-hybridized carbons (Fsp3) is 0.562. The SMILES string of the molecule is O=C(c1ccccc1)N1CCC[C@@H]2CC[C@H](O)C[C@H]21. The van der Waals surface area contributed by atoms with Crippen LogP contribution in [0.5, 0.6) is 0 Å². The summed E-state index contributed by atoms with van der Waals surface area (Å²) in [6.07, 6.45) is 4.78. The molecule has 1 N–H and O–H groups in total. The molecule has 2 aliphatic rings. The van der Waals surface area contributed by atoms with Gasteiger partial charge in [-0.15, -0.1) is 0 Å². The third kappa shape index (κ3) is 2.52. The minimum Gasteiger partial charge on any atom is -0.393 e. The summed E-state index contributed by atoms with van der Waals surface area (Å²) in [6.45, 7) is 0.835. The first-order valence-electron chi connectivity index (χ1n) is 7.30. The average molecular weight is 259 g/mol. The van der Waals surface area contributed by atoms with Crippen LogP contribution in [0.15, 0.2) is 30.3 Å². The highest BCUT2D eigenvalue weighted by molar-refractivity contribution is 5.94. The van der Waals surface area contributed by atoms with Crippen molar-refractivity contribution >= 4 is 5.91 Å². The van der Waals surface area contributed by atoms with Crippen LogP contribution in [0.4, 0.5) is 0 Å². The number of piperidine rings is 1. The molecule has 2 fully saturated rings. The fourth-order valence-corrected chi connectivity index (χ4v) is 3.59. The Labute approximate surface area is 114 Å². The van der Waals surface area contributed by atoms with Crippen LogP contribution in [0.2, 0.25) is 0 Å². The number of amides is 1. The summed E-state index contributed by atoms with van der Waals surface area (Å²) in [5.41, 5.74) is 0.767. The number of hydrogen-bond acceptors (Lipinski definition) is 2. The van der Waals surface area contributed by atoms with E-state index in [4.69, 9.17) is 0 Å². The number of carbonyl (C=O) groups is 1. The summed E-state index contributed by atoms with van der Waals surface area (Å²) in [7, 11) is 0. The Morgan fingerprint density at radius 3 is 2.74 bits per heavy atom. The molecule has 1 saturated heterocycles. The van der Waals surface area contributed by atoms with Gasteiger partial charge >= 0.3 is 0 Å². The molecule has 0 aromatic heterocycles. The molecule has 0 spiro atoms. The summed E-state index contributed by atoms with van der Waals surface area (Å²) < 4.78 is 0. The van der Waals surface area contributed by atoms with Gasteiger partial charge in [-0.25, -0.2) is 0 Å². The maximum absolute atomic E-state index is 12.6. The minimum atomic E-state index is -0.231. The Hall–Kier alpha value is -1.35. The van der Waals surface area contributed by atoms with E-state index in [9.17, 15) is 9.90 Å². The molecule has 19 heavy (non-hydrogen) atoms. The first-order valence-corrected chi connectivity index (χ1v) is 7.30. The molecule has 0 radical (unpaired) electrons. The molecular weight excluding hydrogens is 238 g/mol. The van der Waals surface area contributed by atoms with Crippen molar-refractivity contribution in [2.75, 3.05) is 6.54 Å². The molecule has 1 amide bonds. The second-order valence-electron chi connectivity index (χ2n) is 5.80.